The number of aromatic nitrogens is 3. The van der Waals surface area contributed by atoms with Gasteiger partial charge in [0, 0.05) is 6.54 Å². The normalized spacial score (nSPS) is 10.8. The number of aliphatic hydroxyl groups is 1. The van der Waals surface area contributed by atoms with Gasteiger partial charge in [0.25, 0.3) is 0 Å². The Morgan fingerprint density at radius 2 is 2.14 bits per heavy atom. The highest BCUT2D eigenvalue weighted by atomic mass is 16.5. The van der Waals surface area contributed by atoms with Gasteiger partial charge in [-0.15, -0.1) is 5.10 Å². The van der Waals surface area contributed by atoms with E-state index in [-0.39, 0.29) is 6.61 Å². The first-order chi connectivity index (χ1) is 10.2. The van der Waals surface area contributed by atoms with Crippen LogP contribution < -0.4 is 4.74 Å². The maximum Gasteiger partial charge on any atom is 0.119 e. The molecule has 114 valence electrons. The van der Waals surface area contributed by atoms with Crippen LogP contribution in [0.5, 0.6) is 5.75 Å². The van der Waals surface area contributed by atoms with E-state index in [2.05, 4.69) is 30.2 Å². The third kappa shape index (κ3) is 4.29. The van der Waals surface area contributed by atoms with Gasteiger partial charge in [-0.3, -0.25) is 0 Å². The first-order valence-corrected chi connectivity index (χ1v) is 7.46. The third-order valence-corrected chi connectivity index (χ3v) is 3.43. The van der Waals surface area contributed by atoms with E-state index < -0.39 is 0 Å². The summed E-state index contributed by atoms with van der Waals surface area (Å²) in [6, 6.07) is 8.08. The second kappa shape index (κ2) is 7.78. The van der Waals surface area contributed by atoms with Crippen LogP contribution in [0.4, 0.5) is 0 Å². The molecule has 5 nitrogen and oxygen atoms in total. The summed E-state index contributed by atoms with van der Waals surface area (Å²) in [7, 11) is 0. The van der Waals surface area contributed by atoms with E-state index in [9.17, 15) is 5.11 Å². The van der Waals surface area contributed by atoms with Crippen molar-refractivity contribution in [2.45, 2.75) is 46.3 Å². The van der Waals surface area contributed by atoms with Gasteiger partial charge in [-0.2, -0.15) is 0 Å². The number of aliphatic hydroxyl groups excluding tert-OH is 1. The zero-order valence-electron chi connectivity index (χ0n) is 12.7. The van der Waals surface area contributed by atoms with Crippen LogP contribution in [0.15, 0.2) is 24.3 Å². The number of rotatable bonds is 8. The van der Waals surface area contributed by atoms with Crippen molar-refractivity contribution in [3.8, 4) is 5.75 Å². The molecule has 0 atom stereocenters. The SMILES string of the molecule is CCc1c(CO)nnn1CCCCOc1cccc(C)c1. The van der Waals surface area contributed by atoms with Crippen molar-refractivity contribution >= 4 is 0 Å². The minimum absolute atomic E-state index is 0.0420. The van der Waals surface area contributed by atoms with Gasteiger partial charge in [0.15, 0.2) is 0 Å². The van der Waals surface area contributed by atoms with E-state index >= 15 is 0 Å². The predicted octanol–water partition coefficient (Wildman–Crippen LogP) is 2.50. The summed E-state index contributed by atoms with van der Waals surface area (Å²) in [5.41, 5.74) is 2.92. The monoisotopic (exact) mass is 289 g/mol. The quantitative estimate of drug-likeness (QED) is 0.759. The van der Waals surface area contributed by atoms with Crippen LogP contribution >= 0.6 is 0 Å². The molecular weight excluding hydrogens is 266 g/mol. The maximum absolute atomic E-state index is 9.19. The standard InChI is InChI=1S/C16H23N3O2/c1-3-16-15(12-20)17-18-19(16)9-4-5-10-21-14-8-6-7-13(2)11-14/h6-8,11,20H,3-5,9-10,12H2,1-2H3. The second-order valence-electron chi connectivity index (χ2n) is 5.09. The van der Waals surface area contributed by atoms with Crippen molar-refractivity contribution in [3.05, 3.63) is 41.2 Å². The summed E-state index contributed by atoms with van der Waals surface area (Å²) in [5.74, 6) is 0.924. The predicted molar refractivity (Wildman–Crippen MR) is 81.2 cm³/mol. The molecule has 5 heteroatoms. The van der Waals surface area contributed by atoms with E-state index in [4.69, 9.17) is 4.74 Å². The number of hydrogen-bond acceptors (Lipinski definition) is 4. The van der Waals surface area contributed by atoms with Gasteiger partial charge in [0.2, 0.25) is 0 Å². The molecule has 0 aliphatic carbocycles. The van der Waals surface area contributed by atoms with Crippen LogP contribution in [0.25, 0.3) is 0 Å². The minimum atomic E-state index is -0.0420. The van der Waals surface area contributed by atoms with Gasteiger partial charge < -0.3 is 9.84 Å². The van der Waals surface area contributed by atoms with Crippen molar-refractivity contribution in [2.24, 2.45) is 0 Å². The van der Waals surface area contributed by atoms with E-state index in [0.717, 1.165) is 37.3 Å². The summed E-state index contributed by atoms with van der Waals surface area (Å²) in [6.07, 6.45) is 2.78. The highest BCUT2D eigenvalue weighted by Crippen LogP contribution is 2.13. The molecular formula is C16H23N3O2. The first kappa shape index (κ1) is 15.5. The summed E-state index contributed by atoms with van der Waals surface area (Å²) in [6.45, 7) is 5.58. The lowest BCUT2D eigenvalue weighted by atomic mass is 10.2. The molecule has 0 aliphatic heterocycles. The molecule has 1 aromatic heterocycles. The smallest absolute Gasteiger partial charge is 0.119 e. The molecule has 0 spiro atoms. The van der Waals surface area contributed by atoms with Crippen molar-refractivity contribution in [1.29, 1.82) is 0 Å². The number of benzene rings is 1. The molecule has 0 amide bonds. The Kier molecular flexibility index (Phi) is 5.75. The summed E-state index contributed by atoms with van der Waals surface area (Å²) < 4.78 is 7.61. The van der Waals surface area contributed by atoms with Crippen LogP contribution in [0.2, 0.25) is 0 Å². The molecule has 0 fully saturated rings. The number of hydrogen-bond donors (Lipinski definition) is 1. The van der Waals surface area contributed by atoms with E-state index in [0.29, 0.717) is 12.3 Å². The van der Waals surface area contributed by atoms with Crippen molar-refractivity contribution in [2.75, 3.05) is 6.61 Å². The summed E-state index contributed by atoms with van der Waals surface area (Å²) >= 11 is 0. The highest BCUT2D eigenvalue weighted by Gasteiger charge is 2.09. The van der Waals surface area contributed by atoms with Gasteiger partial charge >= 0.3 is 0 Å². The fourth-order valence-electron chi connectivity index (χ4n) is 2.32. The van der Waals surface area contributed by atoms with Gasteiger partial charge in [-0.1, -0.05) is 24.3 Å². The Morgan fingerprint density at radius 3 is 2.86 bits per heavy atom. The lowest BCUT2D eigenvalue weighted by molar-refractivity contribution is 0.275. The number of ether oxygens (including phenoxy) is 1. The number of nitrogens with zero attached hydrogens (tertiary/aromatic N) is 3. The molecule has 2 rings (SSSR count). The highest BCUT2D eigenvalue weighted by molar-refractivity contribution is 5.27. The largest absolute Gasteiger partial charge is 0.494 e. The van der Waals surface area contributed by atoms with Crippen LogP contribution in [0.1, 0.15) is 36.7 Å². The van der Waals surface area contributed by atoms with E-state index in [1.54, 1.807) is 0 Å². The van der Waals surface area contributed by atoms with Crippen LogP contribution in [-0.2, 0) is 19.6 Å². The summed E-state index contributed by atoms with van der Waals surface area (Å²) in [4.78, 5) is 0. The van der Waals surface area contributed by atoms with Crippen LogP contribution in [-0.4, -0.2) is 26.7 Å². The van der Waals surface area contributed by atoms with Crippen molar-refractivity contribution in [1.82, 2.24) is 15.0 Å². The Balaban J connectivity index is 1.74. The van der Waals surface area contributed by atoms with E-state index in [1.165, 1.54) is 5.56 Å². The van der Waals surface area contributed by atoms with E-state index in [1.807, 2.05) is 22.9 Å². The Bertz CT molecular complexity index is 566. The molecule has 0 radical (unpaired) electrons. The van der Waals surface area contributed by atoms with Crippen molar-refractivity contribution < 1.29 is 9.84 Å². The zero-order valence-corrected chi connectivity index (χ0v) is 12.7. The van der Waals surface area contributed by atoms with Crippen LogP contribution in [0, 0.1) is 6.92 Å². The second-order valence-corrected chi connectivity index (χ2v) is 5.09. The average molecular weight is 289 g/mol. The van der Waals surface area contributed by atoms with Crippen molar-refractivity contribution in [3.63, 3.8) is 0 Å². The molecule has 0 saturated carbocycles. The van der Waals surface area contributed by atoms with Gasteiger partial charge in [0.1, 0.15) is 11.4 Å². The lowest BCUT2D eigenvalue weighted by Gasteiger charge is -2.08. The maximum atomic E-state index is 9.19. The molecule has 0 aliphatic rings. The third-order valence-electron chi connectivity index (χ3n) is 3.43. The number of unbranched alkanes of at least 4 members (excludes halogenated alkanes) is 1. The lowest BCUT2D eigenvalue weighted by Crippen LogP contribution is -2.07. The number of aryl methyl sites for hydroxylation is 2. The minimum Gasteiger partial charge on any atom is -0.494 e. The van der Waals surface area contributed by atoms with Crippen LogP contribution in [0.3, 0.4) is 0 Å². The molecule has 21 heavy (non-hydrogen) atoms. The van der Waals surface area contributed by atoms with Gasteiger partial charge in [0.05, 0.1) is 18.9 Å². The van der Waals surface area contributed by atoms with Gasteiger partial charge in [-0.25, -0.2) is 4.68 Å². The average Bonchev–Trinajstić information content (AvgIpc) is 2.89. The molecule has 1 heterocycles. The zero-order chi connectivity index (χ0) is 15.1. The Hall–Kier alpha value is -1.88. The fraction of sp³-hybridized carbons (Fsp3) is 0.500. The fourth-order valence-corrected chi connectivity index (χ4v) is 2.32. The molecule has 1 aromatic carbocycles. The molecule has 0 unspecified atom stereocenters. The summed E-state index contributed by atoms with van der Waals surface area (Å²) in [5, 5.41) is 17.3. The molecule has 0 bridgehead atoms. The Labute approximate surface area is 125 Å². The topological polar surface area (TPSA) is 60.2 Å². The van der Waals surface area contributed by atoms with Gasteiger partial charge in [-0.05, 0) is 43.9 Å². The molecule has 2 aromatic rings. The molecule has 1 N–H and O–H groups in total. The first-order valence-electron chi connectivity index (χ1n) is 7.46. The molecule has 0 saturated heterocycles. The Morgan fingerprint density at radius 1 is 1.29 bits per heavy atom.